The van der Waals surface area contributed by atoms with E-state index in [0.717, 1.165) is 16.7 Å². The number of nitrogens with zero attached hydrogens (tertiary/aromatic N) is 3. The predicted molar refractivity (Wildman–Crippen MR) is 122 cm³/mol. The van der Waals surface area contributed by atoms with Gasteiger partial charge in [0.15, 0.2) is 0 Å². The summed E-state index contributed by atoms with van der Waals surface area (Å²) in [4.78, 5) is 15.2. The second-order valence-electron chi connectivity index (χ2n) is 8.00. The van der Waals surface area contributed by atoms with Crippen LogP contribution in [0, 0.1) is 5.92 Å². The number of ether oxygens (including phenoxy) is 1. The molecule has 0 aliphatic carbocycles. The summed E-state index contributed by atoms with van der Waals surface area (Å²) in [5, 5.41) is 7.62. The van der Waals surface area contributed by atoms with E-state index < -0.39 is 10.0 Å². The van der Waals surface area contributed by atoms with E-state index in [9.17, 15) is 13.2 Å². The van der Waals surface area contributed by atoms with Crippen molar-refractivity contribution >= 4 is 26.8 Å². The van der Waals surface area contributed by atoms with E-state index in [1.807, 2.05) is 36.1 Å². The summed E-state index contributed by atoms with van der Waals surface area (Å²) in [7, 11) is -1.99. The number of H-pyrrole nitrogens is 1. The van der Waals surface area contributed by atoms with E-state index in [1.54, 1.807) is 31.5 Å². The quantitative estimate of drug-likeness (QED) is 0.590. The van der Waals surface area contributed by atoms with Crippen LogP contribution in [0.3, 0.4) is 0 Å². The number of sulfonamides is 1. The van der Waals surface area contributed by atoms with E-state index in [1.165, 1.54) is 4.31 Å². The molecule has 8 nitrogen and oxygen atoms in total. The molecule has 0 atom stereocenters. The summed E-state index contributed by atoms with van der Waals surface area (Å²) in [6.45, 7) is 3.73. The highest BCUT2D eigenvalue weighted by Crippen LogP contribution is 2.27. The van der Waals surface area contributed by atoms with Crippen molar-refractivity contribution in [3.63, 3.8) is 0 Å². The maximum atomic E-state index is 13.1. The Hall–Kier alpha value is -2.91. The molecule has 1 aliphatic heterocycles. The Morgan fingerprint density at radius 2 is 2.00 bits per heavy atom. The lowest BCUT2D eigenvalue weighted by Gasteiger charge is -2.33. The highest BCUT2D eigenvalue weighted by molar-refractivity contribution is 7.89. The number of hydrogen-bond donors (Lipinski definition) is 1. The SMILES string of the molecule is CCN(Cc1cccc(OC)c1)C(=O)C1CCN(S(=O)(=O)c2ccc3cn[nH]c3c2)CC1. The highest BCUT2D eigenvalue weighted by atomic mass is 32.2. The first kappa shape index (κ1) is 22.3. The van der Waals surface area contributed by atoms with Gasteiger partial charge in [0.1, 0.15) is 5.75 Å². The standard InChI is InChI=1S/C23H28N4O4S/c1-3-26(16-17-5-4-6-20(13-17)31-2)23(28)18-9-11-27(12-10-18)32(29,30)21-8-7-19-15-24-25-22(19)14-21/h4-8,13-15,18H,3,9-12,16H2,1-2H3,(H,24,25). The average molecular weight is 457 g/mol. The molecule has 3 aromatic rings. The summed E-state index contributed by atoms with van der Waals surface area (Å²) < 4.78 is 33.0. The van der Waals surface area contributed by atoms with E-state index >= 15 is 0 Å². The van der Waals surface area contributed by atoms with Crippen LogP contribution in [0.15, 0.2) is 53.6 Å². The molecule has 0 unspecified atom stereocenters. The number of hydrogen-bond acceptors (Lipinski definition) is 5. The van der Waals surface area contributed by atoms with Crippen LogP contribution in [0.4, 0.5) is 0 Å². The van der Waals surface area contributed by atoms with Crippen molar-refractivity contribution in [2.75, 3.05) is 26.7 Å². The molecule has 1 aliphatic rings. The third-order valence-electron chi connectivity index (χ3n) is 6.06. The number of amides is 1. The smallest absolute Gasteiger partial charge is 0.243 e. The number of carbonyl (C=O) groups excluding carboxylic acids is 1. The molecule has 0 radical (unpaired) electrons. The van der Waals surface area contributed by atoms with Gasteiger partial charge in [-0.05, 0) is 55.7 Å². The molecule has 2 aromatic carbocycles. The van der Waals surface area contributed by atoms with Crippen molar-refractivity contribution in [2.24, 2.45) is 5.92 Å². The topological polar surface area (TPSA) is 95.6 Å². The van der Waals surface area contributed by atoms with Crippen LogP contribution < -0.4 is 4.74 Å². The minimum absolute atomic E-state index is 0.0752. The number of piperidine rings is 1. The Bertz CT molecular complexity index is 1200. The Kier molecular flexibility index (Phi) is 6.48. The maximum absolute atomic E-state index is 13.1. The molecule has 1 aromatic heterocycles. The van der Waals surface area contributed by atoms with Gasteiger partial charge >= 0.3 is 0 Å². The van der Waals surface area contributed by atoms with Crippen molar-refractivity contribution in [2.45, 2.75) is 31.2 Å². The Morgan fingerprint density at radius 3 is 2.72 bits per heavy atom. The van der Waals surface area contributed by atoms with Gasteiger partial charge in [-0.1, -0.05) is 12.1 Å². The van der Waals surface area contributed by atoms with Crippen molar-refractivity contribution in [3.05, 3.63) is 54.2 Å². The van der Waals surface area contributed by atoms with Gasteiger partial charge in [-0.25, -0.2) is 8.42 Å². The summed E-state index contributed by atoms with van der Waals surface area (Å²) in [6.07, 6.45) is 2.69. The number of benzene rings is 2. The van der Waals surface area contributed by atoms with E-state index in [0.29, 0.717) is 44.5 Å². The molecule has 9 heteroatoms. The lowest BCUT2D eigenvalue weighted by Crippen LogP contribution is -2.44. The Balaban J connectivity index is 1.40. The molecule has 0 saturated carbocycles. The molecule has 32 heavy (non-hydrogen) atoms. The second kappa shape index (κ2) is 9.30. The van der Waals surface area contributed by atoms with Crippen LogP contribution in [0.1, 0.15) is 25.3 Å². The van der Waals surface area contributed by atoms with E-state index in [2.05, 4.69) is 10.2 Å². The minimum Gasteiger partial charge on any atom is -0.497 e. The molecule has 1 amide bonds. The molecule has 2 heterocycles. The largest absolute Gasteiger partial charge is 0.497 e. The molecule has 1 N–H and O–H groups in total. The zero-order chi connectivity index (χ0) is 22.7. The summed E-state index contributed by atoms with van der Waals surface area (Å²) in [6, 6.07) is 12.7. The molecule has 4 rings (SSSR count). The van der Waals surface area contributed by atoms with E-state index in [-0.39, 0.29) is 16.7 Å². The van der Waals surface area contributed by atoms with Crippen LogP contribution in [0.25, 0.3) is 10.9 Å². The lowest BCUT2D eigenvalue weighted by molar-refractivity contribution is -0.137. The second-order valence-corrected chi connectivity index (χ2v) is 9.94. The van der Waals surface area contributed by atoms with Gasteiger partial charge in [0.2, 0.25) is 15.9 Å². The number of aromatic amines is 1. The van der Waals surface area contributed by atoms with Gasteiger partial charge in [-0.15, -0.1) is 0 Å². The molecule has 0 spiro atoms. The maximum Gasteiger partial charge on any atom is 0.243 e. The van der Waals surface area contributed by atoms with Crippen LogP contribution in [0.5, 0.6) is 5.75 Å². The third kappa shape index (κ3) is 4.49. The fourth-order valence-corrected chi connectivity index (χ4v) is 5.66. The number of rotatable bonds is 7. The number of aromatic nitrogens is 2. The van der Waals surface area contributed by atoms with Crippen molar-refractivity contribution < 1.29 is 17.9 Å². The van der Waals surface area contributed by atoms with Gasteiger partial charge in [0.05, 0.1) is 23.7 Å². The normalized spacial score (nSPS) is 15.7. The van der Waals surface area contributed by atoms with Gasteiger partial charge < -0.3 is 9.64 Å². The van der Waals surface area contributed by atoms with E-state index in [4.69, 9.17) is 4.74 Å². The van der Waals surface area contributed by atoms with Gasteiger partial charge in [-0.3, -0.25) is 9.89 Å². The van der Waals surface area contributed by atoms with Crippen LogP contribution >= 0.6 is 0 Å². The number of carbonyl (C=O) groups is 1. The highest BCUT2D eigenvalue weighted by Gasteiger charge is 2.33. The first-order chi connectivity index (χ1) is 15.4. The van der Waals surface area contributed by atoms with Gasteiger partial charge in [0, 0.05) is 37.5 Å². The number of fused-ring (bicyclic) bond motifs is 1. The molecular weight excluding hydrogens is 428 g/mol. The molecule has 170 valence electrons. The van der Waals surface area contributed by atoms with Crippen molar-refractivity contribution in [3.8, 4) is 5.75 Å². The first-order valence-corrected chi connectivity index (χ1v) is 12.2. The van der Waals surface area contributed by atoms with Crippen molar-refractivity contribution in [1.82, 2.24) is 19.4 Å². The van der Waals surface area contributed by atoms with Crippen LogP contribution in [-0.4, -0.2) is 60.5 Å². The fourth-order valence-electron chi connectivity index (χ4n) is 4.16. The monoisotopic (exact) mass is 456 g/mol. The van der Waals surface area contributed by atoms with Gasteiger partial charge in [0.25, 0.3) is 0 Å². The van der Waals surface area contributed by atoms with Crippen LogP contribution in [-0.2, 0) is 21.4 Å². The fraction of sp³-hybridized carbons (Fsp3) is 0.391. The Morgan fingerprint density at radius 1 is 1.22 bits per heavy atom. The molecule has 0 bridgehead atoms. The summed E-state index contributed by atoms with van der Waals surface area (Å²) in [5.41, 5.74) is 1.70. The number of nitrogens with one attached hydrogen (secondary N) is 1. The summed E-state index contributed by atoms with van der Waals surface area (Å²) >= 11 is 0. The average Bonchev–Trinajstić information content (AvgIpc) is 3.30. The predicted octanol–water partition coefficient (Wildman–Crippen LogP) is 3.02. The molecule has 1 saturated heterocycles. The summed E-state index contributed by atoms with van der Waals surface area (Å²) in [5.74, 6) is 0.658. The Labute approximate surface area is 188 Å². The zero-order valence-corrected chi connectivity index (χ0v) is 19.1. The molecular formula is C23H28N4O4S. The molecule has 1 fully saturated rings. The minimum atomic E-state index is -3.62. The van der Waals surface area contributed by atoms with Crippen molar-refractivity contribution in [1.29, 1.82) is 0 Å². The number of methoxy groups -OCH3 is 1. The first-order valence-electron chi connectivity index (χ1n) is 10.8. The lowest BCUT2D eigenvalue weighted by atomic mass is 9.96. The zero-order valence-electron chi connectivity index (χ0n) is 18.3. The third-order valence-corrected chi connectivity index (χ3v) is 7.95. The van der Waals surface area contributed by atoms with Gasteiger partial charge in [-0.2, -0.15) is 9.40 Å². The van der Waals surface area contributed by atoms with Crippen LogP contribution in [0.2, 0.25) is 0 Å².